The Morgan fingerprint density at radius 1 is 0.408 bits per heavy atom. The molecular formula is C78H118ClI2N3O11Si3. The van der Waals surface area contributed by atoms with Crippen LogP contribution in [-0.4, -0.2) is 136 Å². The van der Waals surface area contributed by atoms with Gasteiger partial charge in [0.05, 0.1) is 12.6 Å². The minimum atomic E-state index is -2.55. The molecule has 0 spiro atoms. The van der Waals surface area contributed by atoms with Crippen LogP contribution in [0.2, 0.25) is 15.1 Å². The number of halogens is 3. The van der Waals surface area contributed by atoms with Crippen LogP contribution in [0.4, 0.5) is 14.4 Å². The maximum Gasteiger partial charge on any atom is 0.407 e. The summed E-state index contributed by atoms with van der Waals surface area (Å²) in [6.45, 7) is 40.5. The molecule has 0 radical (unpaired) electrons. The van der Waals surface area contributed by atoms with Gasteiger partial charge in [0.15, 0.2) is 0 Å². The van der Waals surface area contributed by atoms with Crippen molar-refractivity contribution in [3.05, 3.63) is 182 Å². The van der Waals surface area contributed by atoms with Crippen LogP contribution in [0.5, 0.6) is 0 Å². The third-order valence-electron chi connectivity index (χ3n) is 15.3. The number of aliphatic hydroxyl groups excluding tert-OH is 2. The average molecular weight is 1650 g/mol. The van der Waals surface area contributed by atoms with E-state index in [1.54, 1.807) is 27.9 Å². The lowest BCUT2D eigenvalue weighted by molar-refractivity contribution is 0.0466. The molecule has 3 atom stereocenters. The van der Waals surface area contributed by atoms with Crippen LogP contribution in [-0.2, 0) is 27.8 Å². The monoisotopic (exact) mass is 1650 g/mol. The summed E-state index contributed by atoms with van der Waals surface area (Å²) in [7, 11) is -5.66. The molecule has 0 aliphatic carbocycles. The summed E-state index contributed by atoms with van der Waals surface area (Å²) in [5, 5.41) is 33.4. The van der Waals surface area contributed by atoms with Crippen molar-refractivity contribution in [2.45, 2.75) is 201 Å². The zero-order valence-electron chi connectivity index (χ0n) is 62.3. The number of aliphatic hydroxyl groups is 2. The number of hydrogen-bond donors (Lipinski definition) is 5. The lowest BCUT2D eigenvalue weighted by Gasteiger charge is -2.43. The number of rotatable bonds is 23. The van der Waals surface area contributed by atoms with E-state index >= 15 is 0 Å². The van der Waals surface area contributed by atoms with E-state index in [4.69, 9.17) is 44.4 Å². The van der Waals surface area contributed by atoms with Crippen molar-refractivity contribution in [1.82, 2.24) is 16.0 Å². The number of carbonyl (C=O) groups excluding carboxylic acids is 3. The molecule has 0 bridgehead atoms. The second-order valence-corrected chi connectivity index (χ2v) is 45.9. The first kappa shape index (κ1) is 89.4. The zero-order valence-corrected chi connectivity index (χ0v) is 70.4. The van der Waals surface area contributed by atoms with Gasteiger partial charge >= 0.3 is 18.3 Å². The Morgan fingerprint density at radius 2 is 0.643 bits per heavy atom. The lowest BCUT2D eigenvalue weighted by atomic mass is 10.2. The van der Waals surface area contributed by atoms with Crippen molar-refractivity contribution in [1.29, 1.82) is 0 Å². The fourth-order valence-corrected chi connectivity index (χ4v) is 25.4. The molecule has 0 fully saturated rings. The predicted octanol–water partition coefficient (Wildman–Crippen LogP) is 15.3. The molecule has 6 rings (SSSR count). The van der Waals surface area contributed by atoms with Crippen LogP contribution < -0.4 is 47.1 Å². The van der Waals surface area contributed by atoms with Crippen molar-refractivity contribution in [2.75, 3.05) is 49.0 Å². The Bertz CT molecular complexity index is 2890. The van der Waals surface area contributed by atoms with E-state index in [1.165, 1.54) is 31.1 Å². The van der Waals surface area contributed by atoms with Gasteiger partial charge < -0.3 is 54.0 Å². The van der Waals surface area contributed by atoms with Crippen molar-refractivity contribution >= 4 is 130 Å². The van der Waals surface area contributed by atoms with Gasteiger partial charge in [0, 0.05) is 54.5 Å². The van der Waals surface area contributed by atoms with Crippen LogP contribution in [0.15, 0.2) is 182 Å². The molecule has 3 amide bonds. The Morgan fingerprint density at radius 3 is 0.827 bits per heavy atom. The van der Waals surface area contributed by atoms with Gasteiger partial charge in [0.25, 0.3) is 16.6 Å². The summed E-state index contributed by atoms with van der Waals surface area (Å²) < 4.78 is 35.8. The number of hydrogen-bond acceptors (Lipinski definition) is 11. The summed E-state index contributed by atoms with van der Waals surface area (Å²) in [4.78, 5) is 35.6. The van der Waals surface area contributed by atoms with Gasteiger partial charge in [0.2, 0.25) is 7.38 Å². The number of amides is 3. The number of carbonyl (C=O) groups is 3. The summed E-state index contributed by atoms with van der Waals surface area (Å²) in [6, 6.07) is 63.1. The molecule has 6 aromatic carbocycles. The van der Waals surface area contributed by atoms with Crippen molar-refractivity contribution in [3.63, 3.8) is 0 Å². The second kappa shape index (κ2) is 42.7. The molecule has 0 aliphatic rings. The summed E-state index contributed by atoms with van der Waals surface area (Å²) in [5.41, 5.74) is -1.57. The molecule has 0 unspecified atom stereocenters. The molecule has 0 heterocycles. The van der Waals surface area contributed by atoms with E-state index in [-0.39, 0.29) is 52.6 Å². The van der Waals surface area contributed by atoms with Crippen LogP contribution >= 0.6 is 56.3 Å². The minimum absolute atomic E-state index is 0.00587. The van der Waals surface area contributed by atoms with E-state index in [9.17, 15) is 14.4 Å². The molecular weight excluding hydrogens is 1530 g/mol. The summed E-state index contributed by atoms with van der Waals surface area (Å²) in [5.74, 6) is 0. The lowest BCUT2D eigenvalue weighted by Crippen LogP contribution is -2.66. The third-order valence-corrected chi connectivity index (χ3v) is 34.8. The highest BCUT2D eigenvalue weighted by molar-refractivity contribution is 14.1. The molecule has 5 N–H and O–H groups in total. The highest BCUT2D eigenvalue weighted by Gasteiger charge is 2.52. The van der Waals surface area contributed by atoms with Crippen molar-refractivity contribution in [3.8, 4) is 0 Å². The number of benzene rings is 6. The van der Waals surface area contributed by atoms with E-state index in [0.29, 0.717) is 19.6 Å². The summed E-state index contributed by atoms with van der Waals surface area (Å²) >= 11 is 11.8. The first-order valence-corrected chi connectivity index (χ1v) is 43.7. The maximum absolute atomic E-state index is 12.2. The molecule has 6 aromatic rings. The fraction of sp³-hybridized carbons (Fsp3) is 0.500. The van der Waals surface area contributed by atoms with Crippen LogP contribution in [0.1, 0.15) is 151 Å². The van der Waals surface area contributed by atoms with Crippen molar-refractivity contribution in [2.24, 2.45) is 0 Å². The largest absolute Gasteiger partial charge is 0.444 e. The highest BCUT2D eigenvalue weighted by atomic mass is 127. The molecule has 0 saturated carbocycles. The first-order chi connectivity index (χ1) is 45.7. The van der Waals surface area contributed by atoms with Crippen LogP contribution in [0.25, 0.3) is 0 Å². The second-order valence-electron chi connectivity index (χ2n) is 29.9. The number of alkyl carbamates (subject to hydrolysis) is 3. The highest BCUT2D eigenvalue weighted by Crippen LogP contribution is 2.40. The van der Waals surface area contributed by atoms with Crippen LogP contribution in [0, 0.1) is 0 Å². The van der Waals surface area contributed by atoms with Gasteiger partial charge in [-0.2, -0.15) is 11.1 Å². The molecule has 98 heavy (non-hydrogen) atoms. The zero-order chi connectivity index (χ0) is 74.1. The van der Waals surface area contributed by atoms with Crippen molar-refractivity contribution < 1.29 is 52.4 Å². The smallest absolute Gasteiger partial charge is 0.407 e. The quantitative estimate of drug-likeness (QED) is 0.0135. The van der Waals surface area contributed by atoms with Gasteiger partial charge in [-0.05, 0) is 135 Å². The molecule has 544 valence electrons. The van der Waals surface area contributed by atoms with Crippen LogP contribution in [0.3, 0.4) is 0 Å². The Balaban J connectivity index is 0.000000455. The van der Waals surface area contributed by atoms with Gasteiger partial charge in [-0.1, -0.05) is 289 Å². The molecule has 20 heteroatoms. The SMILES string of the molecule is CC(C)(C)OC(=O)N[C@@H](CI)CCO[Si](c1ccccc1)(c1ccccc1)C(C)(C)C.CC(C)(C)OC(=O)N[C@@H](CI)CCO[Si](c1ccccc1)(c1ccccc1)C(C)(C)C.CC(C)(C)OC(=O)N[C@@H](CO)CCO.CC(C)(C)[Si](Cl)(c1ccccc1)c1ccccc1.CCOC. The Kier molecular flexibility index (Phi) is 38.9. The standard InChI is InChI=1S/2C25H36INO3Si.C16H19ClSi.C9H19NO4.C3H8O/c2*1-24(2,3)30-23(28)27-20(19-26)17-18-29-31(25(4,5)6,21-13-9-7-10-14-21)22-15-11-8-12-16-22;1-16(2,3)18(17,14-10-6-4-7-11-14)15-12-8-5-9-13-15;1-9(2,3)14-8(13)10-7(6-12)4-5-11;1-3-4-2/h2*7-16,20H,17-19H2,1-6H3,(H,27,28);4-13H,1-3H3;7,11-12H,4-6H2,1-3H3,(H,10,13);3H2,1-2H3/t2*20-;;7-;/m11.1./s1. The van der Waals surface area contributed by atoms with E-state index in [1.807, 2.05) is 84.9 Å². The molecule has 14 nitrogen and oxygen atoms in total. The topological polar surface area (TPSA) is 183 Å². The summed E-state index contributed by atoms with van der Waals surface area (Å²) in [6.07, 6.45) is 0.444. The number of nitrogens with one attached hydrogen (secondary N) is 3. The predicted molar refractivity (Wildman–Crippen MR) is 433 cm³/mol. The maximum atomic E-state index is 12.2. The number of methoxy groups -OCH3 is 1. The first-order valence-electron chi connectivity index (χ1n) is 33.9. The number of alkyl halides is 2. The Hall–Kier alpha value is -4.67. The van der Waals surface area contributed by atoms with Gasteiger partial charge in [-0.15, -0.1) is 0 Å². The molecule has 0 aromatic heterocycles. The minimum Gasteiger partial charge on any atom is -0.444 e. The Labute approximate surface area is 624 Å². The van der Waals surface area contributed by atoms with Gasteiger partial charge in [-0.3, -0.25) is 0 Å². The third kappa shape index (κ3) is 30.1. The van der Waals surface area contributed by atoms with Gasteiger partial charge in [0.1, 0.15) is 16.8 Å². The van der Waals surface area contributed by atoms with E-state index in [2.05, 4.69) is 274 Å². The van der Waals surface area contributed by atoms with E-state index in [0.717, 1.165) is 28.3 Å². The molecule has 0 saturated heterocycles. The normalized spacial score (nSPS) is 13.1. The average Bonchev–Trinajstić information content (AvgIpc) is 0.763. The molecule has 0 aliphatic heterocycles. The van der Waals surface area contributed by atoms with Gasteiger partial charge in [-0.25, -0.2) is 14.4 Å². The van der Waals surface area contributed by atoms with E-state index < -0.39 is 53.0 Å². The fourth-order valence-electron chi connectivity index (χ4n) is 10.8. The number of ether oxygens (including phenoxy) is 4.